The fourth-order valence-corrected chi connectivity index (χ4v) is 1.64. The summed E-state index contributed by atoms with van der Waals surface area (Å²) in [6.45, 7) is -1.33. The van der Waals surface area contributed by atoms with Crippen LogP contribution in [0.5, 0.6) is 0 Å². The summed E-state index contributed by atoms with van der Waals surface area (Å²) in [5, 5.41) is 15.1. The van der Waals surface area contributed by atoms with E-state index in [0.717, 1.165) is 6.20 Å². The van der Waals surface area contributed by atoms with E-state index in [1.54, 1.807) is 7.05 Å². The number of carboxylic acid groups (broad SMARTS) is 1. The number of carbonyl (C=O) groups is 1. The standard InChI is InChI=1S/C10H9F3N4O2/c1-17-8-5(3-16-17)7(15-4-10(11,12)13)6(2-14-8)9(18)19/h2-3H,4H2,1H3,(H,14,15)(H,18,19). The minimum absolute atomic E-state index is 0.136. The number of alkyl halides is 3. The molecule has 0 atom stereocenters. The first-order valence-electron chi connectivity index (χ1n) is 5.14. The Morgan fingerprint density at radius 2 is 2.16 bits per heavy atom. The SMILES string of the molecule is Cn1ncc2c(NCC(F)(F)F)c(C(=O)O)cnc21. The van der Waals surface area contributed by atoms with Gasteiger partial charge in [-0.2, -0.15) is 18.3 Å². The number of hydrogen-bond acceptors (Lipinski definition) is 4. The second-order valence-corrected chi connectivity index (χ2v) is 3.83. The van der Waals surface area contributed by atoms with Crippen molar-refractivity contribution in [2.24, 2.45) is 7.05 Å². The maximum absolute atomic E-state index is 12.2. The number of nitrogens with one attached hydrogen (secondary N) is 1. The fraction of sp³-hybridized carbons (Fsp3) is 0.300. The Kier molecular flexibility index (Phi) is 3.05. The average molecular weight is 274 g/mol. The highest BCUT2D eigenvalue weighted by atomic mass is 19.4. The Morgan fingerprint density at radius 1 is 1.47 bits per heavy atom. The molecule has 2 rings (SSSR count). The van der Waals surface area contributed by atoms with Crippen LogP contribution in [0.2, 0.25) is 0 Å². The van der Waals surface area contributed by atoms with Crippen LogP contribution in [-0.2, 0) is 7.05 Å². The summed E-state index contributed by atoms with van der Waals surface area (Å²) in [5.74, 6) is -1.36. The van der Waals surface area contributed by atoms with Crippen LogP contribution in [0.1, 0.15) is 10.4 Å². The Labute approximate surface area is 104 Å². The second kappa shape index (κ2) is 4.41. The van der Waals surface area contributed by atoms with E-state index >= 15 is 0 Å². The van der Waals surface area contributed by atoms with Gasteiger partial charge in [-0.1, -0.05) is 0 Å². The number of aromatic carboxylic acids is 1. The van der Waals surface area contributed by atoms with Crippen LogP contribution in [0.4, 0.5) is 18.9 Å². The summed E-state index contributed by atoms with van der Waals surface area (Å²) < 4.78 is 38.0. The smallest absolute Gasteiger partial charge is 0.405 e. The zero-order chi connectivity index (χ0) is 14.2. The lowest BCUT2D eigenvalue weighted by atomic mass is 10.2. The fourth-order valence-electron chi connectivity index (χ4n) is 1.64. The van der Waals surface area contributed by atoms with Crippen molar-refractivity contribution in [1.82, 2.24) is 14.8 Å². The summed E-state index contributed by atoms with van der Waals surface area (Å²) >= 11 is 0. The first-order valence-corrected chi connectivity index (χ1v) is 5.14. The van der Waals surface area contributed by atoms with Gasteiger partial charge in [-0.15, -0.1) is 0 Å². The molecule has 19 heavy (non-hydrogen) atoms. The number of aryl methyl sites for hydroxylation is 1. The minimum atomic E-state index is -4.45. The molecule has 0 aliphatic heterocycles. The highest BCUT2D eigenvalue weighted by Crippen LogP contribution is 2.27. The van der Waals surface area contributed by atoms with Crippen molar-refractivity contribution in [2.75, 3.05) is 11.9 Å². The molecular formula is C10H9F3N4O2. The second-order valence-electron chi connectivity index (χ2n) is 3.83. The van der Waals surface area contributed by atoms with Crippen LogP contribution < -0.4 is 5.32 Å². The Morgan fingerprint density at radius 3 is 2.74 bits per heavy atom. The summed E-state index contributed by atoms with van der Waals surface area (Å²) in [6.07, 6.45) is -2.17. The van der Waals surface area contributed by atoms with Crippen LogP contribution >= 0.6 is 0 Å². The van der Waals surface area contributed by atoms with Crippen LogP contribution in [0.15, 0.2) is 12.4 Å². The molecule has 0 saturated heterocycles. The number of halogens is 3. The molecule has 2 N–H and O–H groups in total. The van der Waals surface area contributed by atoms with E-state index in [-0.39, 0.29) is 16.6 Å². The van der Waals surface area contributed by atoms with Crippen molar-refractivity contribution in [2.45, 2.75) is 6.18 Å². The van der Waals surface area contributed by atoms with E-state index in [4.69, 9.17) is 5.11 Å². The van der Waals surface area contributed by atoms with Crippen molar-refractivity contribution in [3.63, 3.8) is 0 Å². The molecule has 0 aliphatic rings. The number of nitrogens with zero attached hydrogens (tertiary/aromatic N) is 3. The van der Waals surface area contributed by atoms with Gasteiger partial charge in [-0.05, 0) is 0 Å². The summed E-state index contributed by atoms with van der Waals surface area (Å²) in [6, 6.07) is 0. The van der Waals surface area contributed by atoms with Gasteiger partial charge in [-0.3, -0.25) is 4.68 Å². The molecule has 2 aromatic rings. The van der Waals surface area contributed by atoms with Crippen LogP contribution in [0.25, 0.3) is 11.0 Å². The third-order valence-corrected chi connectivity index (χ3v) is 2.46. The Bertz CT molecular complexity index is 635. The zero-order valence-corrected chi connectivity index (χ0v) is 9.69. The molecule has 2 aromatic heterocycles. The highest BCUT2D eigenvalue weighted by Gasteiger charge is 2.28. The van der Waals surface area contributed by atoms with Gasteiger partial charge in [0.2, 0.25) is 0 Å². The topological polar surface area (TPSA) is 80.0 Å². The predicted octanol–water partition coefficient (Wildman–Crippen LogP) is 1.64. The van der Waals surface area contributed by atoms with E-state index in [2.05, 4.69) is 15.4 Å². The van der Waals surface area contributed by atoms with E-state index in [9.17, 15) is 18.0 Å². The van der Waals surface area contributed by atoms with Crippen LogP contribution in [0, 0.1) is 0 Å². The first kappa shape index (κ1) is 13.1. The van der Waals surface area contributed by atoms with Gasteiger partial charge in [0.25, 0.3) is 0 Å². The van der Waals surface area contributed by atoms with E-state index in [0.29, 0.717) is 5.65 Å². The molecular weight excluding hydrogens is 265 g/mol. The number of fused-ring (bicyclic) bond motifs is 1. The maximum atomic E-state index is 12.2. The van der Waals surface area contributed by atoms with E-state index < -0.39 is 18.7 Å². The molecule has 2 heterocycles. The largest absolute Gasteiger partial charge is 0.478 e. The lowest BCUT2D eigenvalue weighted by Crippen LogP contribution is -2.22. The first-order chi connectivity index (χ1) is 8.79. The molecule has 0 amide bonds. The number of pyridine rings is 1. The van der Waals surface area contributed by atoms with Gasteiger partial charge < -0.3 is 10.4 Å². The number of rotatable bonds is 3. The van der Waals surface area contributed by atoms with Gasteiger partial charge in [0.05, 0.1) is 17.3 Å². The van der Waals surface area contributed by atoms with E-state index in [1.165, 1.54) is 10.9 Å². The molecule has 0 radical (unpaired) electrons. The summed E-state index contributed by atoms with van der Waals surface area (Å²) in [4.78, 5) is 14.9. The summed E-state index contributed by atoms with van der Waals surface area (Å²) in [7, 11) is 1.56. The Balaban J connectivity index is 2.53. The number of carboxylic acids is 1. The molecule has 0 unspecified atom stereocenters. The third-order valence-electron chi connectivity index (χ3n) is 2.46. The zero-order valence-electron chi connectivity index (χ0n) is 9.69. The molecule has 0 aliphatic carbocycles. The Hall–Kier alpha value is -2.32. The van der Waals surface area contributed by atoms with E-state index in [1.807, 2.05) is 0 Å². The molecule has 0 bridgehead atoms. The van der Waals surface area contributed by atoms with Gasteiger partial charge in [0.1, 0.15) is 12.1 Å². The molecule has 0 fully saturated rings. The normalized spacial score (nSPS) is 11.8. The van der Waals surface area contributed by atoms with Crippen molar-refractivity contribution < 1.29 is 23.1 Å². The monoisotopic (exact) mass is 274 g/mol. The van der Waals surface area contributed by atoms with Crippen LogP contribution in [-0.4, -0.2) is 38.6 Å². The van der Waals surface area contributed by atoms with Gasteiger partial charge in [0.15, 0.2) is 5.65 Å². The minimum Gasteiger partial charge on any atom is -0.478 e. The third kappa shape index (κ3) is 2.59. The number of anilines is 1. The van der Waals surface area contributed by atoms with Gasteiger partial charge in [-0.25, -0.2) is 9.78 Å². The van der Waals surface area contributed by atoms with Crippen molar-refractivity contribution in [3.05, 3.63) is 18.0 Å². The summed E-state index contributed by atoms with van der Waals surface area (Å²) in [5.41, 5.74) is -0.164. The molecule has 0 aromatic carbocycles. The van der Waals surface area contributed by atoms with Gasteiger partial charge in [0, 0.05) is 13.2 Å². The maximum Gasteiger partial charge on any atom is 0.405 e. The van der Waals surface area contributed by atoms with Crippen LogP contribution in [0.3, 0.4) is 0 Å². The highest BCUT2D eigenvalue weighted by molar-refractivity contribution is 6.03. The van der Waals surface area contributed by atoms with Crippen molar-refractivity contribution in [3.8, 4) is 0 Å². The lowest BCUT2D eigenvalue weighted by Gasteiger charge is -2.12. The number of aromatic nitrogens is 3. The molecule has 9 heteroatoms. The van der Waals surface area contributed by atoms with Crippen molar-refractivity contribution >= 4 is 22.7 Å². The molecule has 0 spiro atoms. The number of hydrogen-bond donors (Lipinski definition) is 2. The quantitative estimate of drug-likeness (QED) is 0.889. The van der Waals surface area contributed by atoms with Gasteiger partial charge >= 0.3 is 12.1 Å². The average Bonchev–Trinajstić information content (AvgIpc) is 2.67. The molecule has 102 valence electrons. The predicted molar refractivity (Wildman–Crippen MR) is 60.0 cm³/mol. The molecule has 0 saturated carbocycles. The molecule has 6 nitrogen and oxygen atoms in total. The van der Waals surface area contributed by atoms with Crippen molar-refractivity contribution in [1.29, 1.82) is 0 Å². The lowest BCUT2D eigenvalue weighted by molar-refractivity contribution is -0.115.